The normalized spacial score (nSPS) is 23.0. The zero-order valence-corrected chi connectivity index (χ0v) is 11.5. The van der Waals surface area contributed by atoms with Crippen molar-refractivity contribution in [2.45, 2.75) is 50.7 Å². The highest BCUT2D eigenvalue weighted by atomic mass is 16.6. The van der Waals surface area contributed by atoms with Crippen molar-refractivity contribution in [2.24, 2.45) is 5.16 Å². The highest BCUT2D eigenvalue weighted by Crippen LogP contribution is 2.20. The van der Waals surface area contributed by atoms with Crippen molar-refractivity contribution in [1.29, 1.82) is 0 Å². The summed E-state index contributed by atoms with van der Waals surface area (Å²) in [7, 11) is 0. The van der Waals surface area contributed by atoms with Gasteiger partial charge in [0.1, 0.15) is 0 Å². The van der Waals surface area contributed by atoms with Gasteiger partial charge in [-0.05, 0) is 18.4 Å². The number of carbonyl (C=O) groups excluding carboxylic acids is 1. The summed E-state index contributed by atoms with van der Waals surface area (Å²) in [5.41, 5.74) is 1.88. The van der Waals surface area contributed by atoms with Crippen LogP contribution in [0.3, 0.4) is 0 Å². The lowest BCUT2D eigenvalue weighted by Crippen LogP contribution is -2.42. The van der Waals surface area contributed by atoms with E-state index in [0.717, 1.165) is 24.1 Å². The molecule has 3 rings (SSSR count). The Balaban J connectivity index is 1.54. The van der Waals surface area contributed by atoms with Crippen molar-refractivity contribution in [1.82, 2.24) is 5.32 Å². The van der Waals surface area contributed by atoms with E-state index in [1.54, 1.807) is 0 Å². The molecule has 0 bridgehead atoms. The first-order chi connectivity index (χ1) is 9.83. The van der Waals surface area contributed by atoms with Crippen LogP contribution in [0.5, 0.6) is 0 Å². The lowest BCUT2D eigenvalue weighted by Gasteiger charge is -2.23. The second-order valence-corrected chi connectivity index (χ2v) is 5.55. The highest BCUT2D eigenvalue weighted by molar-refractivity contribution is 6.04. The van der Waals surface area contributed by atoms with Crippen LogP contribution in [0.25, 0.3) is 0 Å². The van der Waals surface area contributed by atoms with Crippen LogP contribution in [0.2, 0.25) is 0 Å². The number of hydrogen-bond acceptors (Lipinski definition) is 3. The smallest absolute Gasteiger partial charge is 0.264 e. The minimum absolute atomic E-state index is 0.0217. The molecule has 0 radical (unpaired) electrons. The number of nitrogens with one attached hydrogen (secondary N) is 1. The minimum Gasteiger partial charge on any atom is -0.382 e. The summed E-state index contributed by atoms with van der Waals surface area (Å²) in [6.45, 7) is 0. The SMILES string of the molecule is O=C(NC1CCCCC1)[C@H]1CC(c2ccccc2)=NO1. The third-order valence-corrected chi connectivity index (χ3v) is 4.02. The van der Waals surface area contributed by atoms with Gasteiger partial charge in [-0.1, -0.05) is 54.8 Å². The predicted octanol–water partition coefficient (Wildman–Crippen LogP) is 2.63. The maximum absolute atomic E-state index is 12.2. The minimum atomic E-state index is -0.466. The van der Waals surface area contributed by atoms with Gasteiger partial charge in [-0.25, -0.2) is 0 Å². The van der Waals surface area contributed by atoms with Gasteiger partial charge >= 0.3 is 0 Å². The molecule has 1 atom stereocenters. The molecule has 20 heavy (non-hydrogen) atoms. The van der Waals surface area contributed by atoms with Crippen LogP contribution in [-0.2, 0) is 9.63 Å². The van der Waals surface area contributed by atoms with Gasteiger partial charge in [-0.15, -0.1) is 0 Å². The number of carbonyl (C=O) groups is 1. The molecule has 1 aromatic rings. The Morgan fingerprint density at radius 3 is 2.65 bits per heavy atom. The van der Waals surface area contributed by atoms with Crippen molar-refractivity contribution in [2.75, 3.05) is 0 Å². The summed E-state index contributed by atoms with van der Waals surface area (Å²) in [5.74, 6) is -0.0217. The third-order valence-electron chi connectivity index (χ3n) is 4.02. The fourth-order valence-corrected chi connectivity index (χ4v) is 2.86. The topological polar surface area (TPSA) is 50.7 Å². The molecule has 1 aromatic carbocycles. The van der Waals surface area contributed by atoms with Crippen LogP contribution in [0.15, 0.2) is 35.5 Å². The Morgan fingerprint density at radius 1 is 1.15 bits per heavy atom. The zero-order valence-electron chi connectivity index (χ0n) is 11.5. The van der Waals surface area contributed by atoms with E-state index >= 15 is 0 Å². The Morgan fingerprint density at radius 2 is 1.90 bits per heavy atom. The first kappa shape index (κ1) is 13.2. The van der Waals surface area contributed by atoms with Gasteiger partial charge in [0.2, 0.25) is 6.10 Å². The predicted molar refractivity (Wildman–Crippen MR) is 77.5 cm³/mol. The molecule has 1 aliphatic carbocycles. The number of rotatable bonds is 3. The molecule has 4 nitrogen and oxygen atoms in total. The van der Waals surface area contributed by atoms with Crippen molar-refractivity contribution >= 4 is 11.6 Å². The van der Waals surface area contributed by atoms with Crippen LogP contribution in [0.4, 0.5) is 0 Å². The van der Waals surface area contributed by atoms with Crippen LogP contribution in [-0.4, -0.2) is 23.8 Å². The van der Waals surface area contributed by atoms with Crippen LogP contribution < -0.4 is 5.32 Å². The number of benzene rings is 1. The van der Waals surface area contributed by atoms with E-state index in [9.17, 15) is 4.79 Å². The average molecular weight is 272 g/mol. The molecule has 1 saturated carbocycles. The summed E-state index contributed by atoms with van der Waals surface area (Å²) in [5, 5.41) is 7.15. The molecular weight excluding hydrogens is 252 g/mol. The number of nitrogens with zero attached hydrogens (tertiary/aromatic N) is 1. The van der Waals surface area contributed by atoms with Gasteiger partial charge in [0.25, 0.3) is 5.91 Å². The first-order valence-electron chi connectivity index (χ1n) is 7.41. The summed E-state index contributed by atoms with van der Waals surface area (Å²) >= 11 is 0. The van der Waals surface area contributed by atoms with Crippen molar-refractivity contribution in [3.8, 4) is 0 Å². The van der Waals surface area contributed by atoms with Gasteiger partial charge in [-0.2, -0.15) is 0 Å². The van der Waals surface area contributed by atoms with Crippen molar-refractivity contribution in [3.63, 3.8) is 0 Å². The summed E-state index contributed by atoms with van der Waals surface area (Å²) in [6, 6.07) is 10.2. The maximum Gasteiger partial charge on any atom is 0.264 e. The lowest BCUT2D eigenvalue weighted by molar-refractivity contribution is -0.132. The van der Waals surface area contributed by atoms with E-state index in [0.29, 0.717) is 12.5 Å². The number of amides is 1. The quantitative estimate of drug-likeness (QED) is 0.919. The largest absolute Gasteiger partial charge is 0.382 e. The second-order valence-electron chi connectivity index (χ2n) is 5.55. The van der Waals surface area contributed by atoms with Gasteiger partial charge in [-0.3, -0.25) is 4.79 Å². The monoisotopic (exact) mass is 272 g/mol. The molecule has 1 amide bonds. The molecule has 4 heteroatoms. The Kier molecular flexibility index (Phi) is 4.00. The summed E-state index contributed by atoms with van der Waals surface area (Å²) < 4.78 is 0. The van der Waals surface area contributed by atoms with E-state index < -0.39 is 6.10 Å². The van der Waals surface area contributed by atoms with E-state index in [1.165, 1.54) is 19.3 Å². The van der Waals surface area contributed by atoms with Crippen molar-refractivity contribution < 1.29 is 9.63 Å². The molecule has 1 aliphatic heterocycles. The number of hydrogen-bond donors (Lipinski definition) is 1. The molecule has 1 N–H and O–H groups in total. The standard InChI is InChI=1S/C16H20N2O2/c19-16(17-13-9-5-2-6-10-13)15-11-14(18-20-15)12-7-3-1-4-8-12/h1,3-4,7-8,13,15H,2,5-6,9-11H2,(H,17,19)/t15-/m1/s1. The van der Waals surface area contributed by atoms with Gasteiger partial charge < -0.3 is 10.2 Å². The fourth-order valence-electron chi connectivity index (χ4n) is 2.86. The molecule has 2 aliphatic rings. The second kappa shape index (κ2) is 6.07. The van der Waals surface area contributed by atoms with E-state index in [-0.39, 0.29) is 5.91 Å². The van der Waals surface area contributed by atoms with E-state index in [2.05, 4.69) is 10.5 Å². The molecule has 1 heterocycles. The summed E-state index contributed by atoms with van der Waals surface area (Å²) in [4.78, 5) is 17.5. The number of oxime groups is 1. The first-order valence-corrected chi connectivity index (χ1v) is 7.41. The zero-order chi connectivity index (χ0) is 13.8. The van der Waals surface area contributed by atoms with Gasteiger partial charge in [0.05, 0.1) is 5.71 Å². The Bertz CT molecular complexity index is 492. The molecule has 0 saturated heterocycles. The molecule has 106 valence electrons. The molecule has 0 unspecified atom stereocenters. The third kappa shape index (κ3) is 3.00. The molecule has 1 fully saturated rings. The fraction of sp³-hybridized carbons (Fsp3) is 0.500. The van der Waals surface area contributed by atoms with Crippen LogP contribution in [0, 0.1) is 0 Å². The lowest BCUT2D eigenvalue weighted by atomic mass is 9.95. The Labute approximate surface area is 119 Å². The molecule has 0 spiro atoms. The van der Waals surface area contributed by atoms with E-state index in [4.69, 9.17) is 4.84 Å². The molecular formula is C16H20N2O2. The Hall–Kier alpha value is -1.84. The van der Waals surface area contributed by atoms with Crippen LogP contribution >= 0.6 is 0 Å². The highest BCUT2D eigenvalue weighted by Gasteiger charge is 2.30. The molecule has 0 aromatic heterocycles. The van der Waals surface area contributed by atoms with Crippen LogP contribution in [0.1, 0.15) is 44.1 Å². The van der Waals surface area contributed by atoms with Gasteiger partial charge in [0, 0.05) is 12.5 Å². The maximum atomic E-state index is 12.2. The van der Waals surface area contributed by atoms with E-state index in [1.807, 2.05) is 30.3 Å². The summed E-state index contributed by atoms with van der Waals surface area (Å²) in [6.07, 6.45) is 5.98. The average Bonchev–Trinajstić information content (AvgIpc) is 2.99. The van der Waals surface area contributed by atoms with Gasteiger partial charge in [0.15, 0.2) is 0 Å². The van der Waals surface area contributed by atoms with Crippen molar-refractivity contribution in [3.05, 3.63) is 35.9 Å².